The van der Waals surface area contributed by atoms with E-state index in [1.165, 1.54) is 50.1 Å². The van der Waals surface area contributed by atoms with Crippen molar-refractivity contribution in [1.82, 2.24) is 14.1 Å². The number of ether oxygens (including phenoxy) is 1. The number of benzene rings is 9. The Kier molecular flexibility index (Phi) is 14.3. The average molecular weight is 1300 g/mol. The van der Waals surface area contributed by atoms with Gasteiger partial charge in [-0.1, -0.05) is 237 Å². The van der Waals surface area contributed by atoms with Gasteiger partial charge < -0.3 is 13.9 Å². The van der Waals surface area contributed by atoms with Crippen molar-refractivity contribution >= 4 is 32.8 Å². The third-order valence-electron chi connectivity index (χ3n) is 17.3. The first kappa shape index (κ1) is 58.3. The Bertz CT molecular complexity index is 4580. The summed E-state index contributed by atoms with van der Waals surface area (Å²) in [6.45, 7) is 34.6. The van der Waals surface area contributed by atoms with Gasteiger partial charge in [-0.3, -0.25) is 4.57 Å². The van der Waals surface area contributed by atoms with Crippen LogP contribution < -0.4 is 9.30 Å². The Hall–Kier alpha value is -8.11. The summed E-state index contributed by atoms with van der Waals surface area (Å²) in [5, 5.41) is 2.21. The molecule has 0 aliphatic carbocycles. The molecule has 6 heteroatoms. The molecule has 0 N–H and O–H groups in total. The standard InChI is InChI=1S/C80H76N4O.Pt/c1-76(2,3)53-36-37-81-73(46-53)84-70-33-21-20-30-66(70)67-35-34-60(48-71(67)84)85-59-25-22-24-58(47-59)82-49-83-74-61(52-40-56(79(10,11)12)45-57(41-52)80(13,14)15)31-23-32-68(74)64-28-18-16-26-62(64)63-27-17-19-29-65(63)69-42-51(43-72(82)75(69)83)50-38-54(77(4,5)6)44-55(39-50)78(7,8)9;/h16-46H,1-15H3;/q-2;. The van der Waals surface area contributed by atoms with Crippen molar-refractivity contribution in [2.24, 2.45) is 0 Å². The number of fused-ring (bicyclic) bond motifs is 10. The molecule has 4 heterocycles. The van der Waals surface area contributed by atoms with Crippen molar-refractivity contribution in [2.75, 3.05) is 0 Å². The molecule has 9 aromatic carbocycles. The first-order valence-electron chi connectivity index (χ1n) is 30.1. The molecule has 86 heavy (non-hydrogen) atoms. The van der Waals surface area contributed by atoms with E-state index in [9.17, 15) is 0 Å². The summed E-state index contributed by atoms with van der Waals surface area (Å²) >= 11 is 0. The Balaban J connectivity index is 0.00000724. The van der Waals surface area contributed by atoms with Crippen molar-refractivity contribution in [1.29, 1.82) is 0 Å². The summed E-state index contributed by atoms with van der Waals surface area (Å²) in [4.78, 5) is 4.95. The van der Waals surface area contributed by atoms with Gasteiger partial charge in [-0.15, -0.1) is 29.7 Å². The van der Waals surface area contributed by atoms with Crippen LogP contribution in [0, 0.1) is 18.5 Å². The quantitative estimate of drug-likeness (QED) is 0.123. The fourth-order valence-corrected chi connectivity index (χ4v) is 12.3. The minimum Gasteiger partial charge on any atom is -0.510 e. The van der Waals surface area contributed by atoms with Crippen molar-refractivity contribution in [3.63, 3.8) is 0 Å². The van der Waals surface area contributed by atoms with Gasteiger partial charge in [0.2, 0.25) is 0 Å². The first-order valence-corrected chi connectivity index (χ1v) is 30.1. The third-order valence-corrected chi connectivity index (χ3v) is 17.3. The summed E-state index contributed by atoms with van der Waals surface area (Å²) in [6.07, 6.45) is 6.02. The zero-order valence-corrected chi connectivity index (χ0v) is 54.7. The second-order valence-corrected chi connectivity index (χ2v) is 28.6. The van der Waals surface area contributed by atoms with Gasteiger partial charge in [0.1, 0.15) is 5.82 Å². The summed E-state index contributed by atoms with van der Waals surface area (Å²) in [7, 11) is 0. The number of para-hydroxylation sites is 2. The Morgan fingerprint density at radius 2 is 0.895 bits per heavy atom. The molecule has 0 saturated heterocycles. The average Bonchev–Trinajstić information content (AvgIpc) is 1.59. The second kappa shape index (κ2) is 21.1. The van der Waals surface area contributed by atoms with Crippen molar-refractivity contribution in [3.05, 3.63) is 234 Å². The minimum absolute atomic E-state index is 0. The maximum absolute atomic E-state index is 6.95. The summed E-state index contributed by atoms with van der Waals surface area (Å²) in [5.41, 5.74) is 23.3. The molecule has 0 spiro atoms. The summed E-state index contributed by atoms with van der Waals surface area (Å²) in [6, 6.07) is 74.8. The maximum atomic E-state index is 6.95. The molecule has 5 nitrogen and oxygen atoms in total. The fourth-order valence-electron chi connectivity index (χ4n) is 12.3. The number of rotatable bonds is 6. The molecule has 3 aromatic heterocycles. The third kappa shape index (κ3) is 10.4. The molecule has 0 bridgehead atoms. The van der Waals surface area contributed by atoms with Crippen LogP contribution in [0.15, 0.2) is 188 Å². The van der Waals surface area contributed by atoms with E-state index in [0.29, 0.717) is 11.5 Å². The predicted molar refractivity (Wildman–Crippen MR) is 354 cm³/mol. The predicted octanol–water partition coefficient (Wildman–Crippen LogP) is 20.7. The molecule has 0 fully saturated rings. The summed E-state index contributed by atoms with van der Waals surface area (Å²) in [5.74, 6) is 1.98. The van der Waals surface area contributed by atoms with Gasteiger partial charge in [-0.25, -0.2) is 4.98 Å². The van der Waals surface area contributed by atoms with Gasteiger partial charge in [-0.2, -0.15) is 18.2 Å². The smallest absolute Gasteiger partial charge is 0.268 e. The largest absolute Gasteiger partial charge is 0.510 e. The van der Waals surface area contributed by atoms with Crippen LogP contribution in [0.1, 0.15) is 132 Å². The molecule has 0 unspecified atom stereocenters. The topological polar surface area (TPSA) is 35.9 Å². The van der Waals surface area contributed by atoms with Crippen LogP contribution in [-0.2, 0) is 48.1 Å². The van der Waals surface area contributed by atoms with Crippen LogP contribution in [0.3, 0.4) is 0 Å². The van der Waals surface area contributed by atoms with E-state index in [1.807, 2.05) is 18.3 Å². The second-order valence-electron chi connectivity index (χ2n) is 28.6. The number of hydrogen-bond acceptors (Lipinski definition) is 2. The number of hydrogen-bond donors (Lipinski definition) is 0. The number of pyridine rings is 1. The first-order chi connectivity index (χ1) is 40.3. The Labute approximate surface area is 523 Å². The van der Waals surface area contributed by atoms with E-state index in [4.69, 9.17) is 9.72 Å². The zero-order chi connectivity index (χ0) is 59.7. The van der Waals surface area contributed by atoms with Gasteiger partial charge in [0.05, 0.1) is 16.7 Å². The molecular weight excluding hydrogens is 1230 g/mol. The van der Waals surface area contributed by atoms with Crippen LogP contribution in [0.25, 0.3) is 106 Å². The Morgan fingerprint density at radius 1 is 0.395 bits per heavy atom. The molecule has 0 saturated carbocycles. The van der Waals surface area contributed by atoms with Crippen molar-refractivity contribution < 1.29 is 30.4 Å². The van der Waals surface area contributed by atoms with E-state index in [-0.39, 0.29) is 48.1 Å². The molecule has 0 atom stereocenters. The van der Waals surface area contributed by atoms with Crippen LogP contribution >= 0.6 is 0 Å². The van der Waals surface area contributed by atoms with E-state index >= 15 is 0 Å². The van der Waals surface area contributed by atoms with Crippen LogP contribution in [0.4, 0.5) is 0 Å². The monoisotopic (exact) mass is 1300 g/mol. The van der Waals surface area contributed by atoms with Crippen LogP contribution in [-0.4, -0.2) is 14.1 Å². The fraction of sp³-hybridized carbons (Fsp3) is 0.250. The van der Waals surface area contributed by atoms with Gasteiger partial charge in [0, 0.05) is 44.3 Å². The van der Waals surface area contributed by atoms with E-state index < -0.39 is 0 Å². The molecule has 13 rings (SSSR count). The number of nitrogens with zero attached hydrogens (tertiary/aromatic N) is 4. The number of imidazole rings is 1. The minimum atomic E-state index is -0.0962. The van der Waals surface area contributed by atoms with Gasteiger partial charge >= 0.3 is 0 Å². The van der Waals surface area contributed by atoms with E-state index in [0.717, 1.165) is 83.4 Å². The van der Waals surface area contributed by atoms with Gasteiger partial charge in [0.25, 0.3) is 6.33 Å². The van der Waals surface area contributed by atoms with Gasteiger partial charge in [-0.05, 0) is 146 Å². The van der Waals surface area contributed by atoms with Crippen LogP contribution in [0.2, 0.25) is 0 Å². The molecule has 0 radical (unpaired) electrons. The molecule has 12 aromatic rings. The zero-order valence-electron chi connectivity index (χ0n) is 52.4. The van der Waals surface area contributed by atoms with Crippen molar-refractivity contribution in [2.45, 2.75) is 131 Å². The molecule has 434 valence electrons. The van der Waals surface area contributed by atoms with Crippen molar-refractivity contribution in [3.8, 4) is 84.3 Å². The normalized spacial score (nSPS) is 12.7. The molecular formula is C80H76N4OPt-2. The molecule has 0 amide bonds. The SMILES string of the molecule is CC(C)(C)c1cc(-c2cc3c4c(c2)n(-c2[c-]c(Oc5[c-]c6c(cc5)c5ccccc5n6-c5cc(C(C)(C)C)ccn5)ccc2)[c-][n+]4-c2c(-c4cc(C(C)(C)C)cc(C(C)(C)C)c4)cccc2-c2ccccc2-c2ccccc2-3)cc(C(C)(C)C)c1.[Pt]. The summed E-state index contributed by atoms with van der Waals surface area (Å²) < 4.78 is 13.8. The van der Waals surface area contributed by atoms with Crippen LogP contribution in [0.5, 0.6) is 11.5 Å². The molecule has 1 aliphatic rings. The van der Waals surface area contributed by atoms with Gasteiger partial charge in [0.15, 0.2) is 0 Å². The Morgan fingerprint density at radius 3 is 1.50 bits per heavy atom. The van der Waals surface area contributed by atoms with E-state index in [2.05, 4.69) is 306 Å². The number of aromatic nitrogens is 4. The van der Waals surface area contributed by atoms with E-state index in [1.54, 1.807) is 0 Å². The maximum Gasteiger partial charge on any atom is 0.268 e. The molecule has 1 aliphatic heterocycles.